The molecule has 0 aliphatic heterocycles. The molecular formula is C11H22O2P2. The van der Waals surface area contributed by atoms with Gasteiger partial charge in [-0.05, 0) is 31.9 Å². The first-order chi connectivity index (χ1) is 6.59. The van der Waals surface area contributed by atoms with E-state index >= 15 is 0 Å². The van der Waals surface area contributed by atoms with Crippen LogP contribution < -0.4 is 4.52 Å². The van der Waals surface area contributed by atoms with Crippen LogP contribution in [0.25, 0.3) is 0 Å². The van der Waals surface area contributed by atoms with Crippen LogP contribution in [0.3, 0.4) is 0 Å². The minimum atomic E-state index is -0.416. The Labute approximate surface area is 97.5 Å². The van der Waals surface area contributed by atoms with Gasteiger partial charge in [0.25, 0.3) is 0 Å². The van der Waals surface area contributed by atoms with Gasteiger partial charge < -0.3 is 9.63 Å². The van der Waals surface area contributed by atoms with Gasteiger partial charge in [-0.15, -0.1) is 0 Å². The number of aryl methyl sites for hydroxylation is 1. The molecule has 0 aliphatic rings. The van der Waals surface area contributed by atoms with Crippen molar-refractivity contribution in [3.63, 3.8) is 0 Å². The van der Waals surface area contributed by atoms with E-state index in [0.29, 0.717) is 0 Å². The highest BCUT2D eigenvalue weighted by Crippen LogP contribution is 2.33. The zero-order valence-electron chi connectivity index (χ0n) is 10.2. The van der Waals surface area contributed by atoms with Crippen LogP contribution in [0.1, 0.15) is 19.4 Å². The van der Waals surface area contributed by atoms with Gasteiger partial charge >= 0.3 is 0 Å². The monoisotopic (exact) mass is 248 g/mol. The van der Waals surface area contributed by atoms with Crippen molar-refractivity contribution in [1.82, 2.24) is 0 Å². The van der Waals surface area contributed by atoms with Crippen molar-refractivity contribution in [1.29, 1.82) is 0 Å². The molecule has 0 spiro atoms. The van der Waals surface area contributed by atoms with Crippen LogP contribution >= 0.6 is 18.0 Å². The van der Waals surface area contributed by atoms with Gasteiger partial charge in [0, 0.05) is 6.07 Å². The van der Waals surface area contributed by atoms with Crippen molar-refractivity contribution in [2.45, 2.75) is 20.8 Å². The lowest BCUT2D eigenvalue weighted by Crippen LogP contribution is -1.86. The Hall–Kier alpha value is -0.320. The van der Waals surface area contributed by atoms with Gasteiger partial charge in [-0.25, -0.2) is 0 Å². The summed E-state index contributed by atoms with van der Waals surface area (Å²) < 4.78 is 5.53. The summed E-state index contributed by atoms with van der Waals surface area (Å²) in [7, 11) is -0.416. The fourth-order valence-corrected chi connectivity index (χ4v) is 1.47. The summed E-state index contributed by atoms with van der Waals surface area (Å²) in [5.74, 6) is 1.04. The van der Waals surface area contributed by atoms with Gasteiger partial charge in [0.2, 0.25) is 0 Å². The van der Waals surface area contributed by atoms with E-state index < -0.39 is 8.15 Å². The quantitative estimate of drug-likeness (QED) is 0.806. The molecular weight excluding hydrogens is 226 g/mol. The van der Waals surface area contributed by atoms with Gasteiger partial charge in [-0.1, -0.05) is 19.9 Å². The fourth-order valence-electron chi connectivity index (χ4n) is 0.884. The summed E-state index contributed by atoms with van der Waals surface area (Å²) in [6, 6.07) is 5.16. The Kier molecular flexibility index (Phi) is 10.2. The number of hydrogen-bond acceptors (Lipinski definition) is 2. The second kappa shape index (κ2) is 8.95. The Morgan fingerprint density at radius 3 is 2.20 bits per heavy atom. The second-order valence-electron chi connectivity index (χ2n) is 2.85. The maximum atomic E-state index is 9.18. The molecule has 0 amide bonds. The molecule has 0 heterocycles. The van der Waals surface area contributed by atoms with Crippen LogP contribution in [0.4, 0.5) is 0 Å². The molecule has 0 aliphatic carbocycles. The molecule has 0 saturated carbocycles. The minimum Gasteiger partial charge on any atom is -0.508 e. The lowest BCUT2D eigenvalue weighted by molar-refractivity contribution is 0.471. The van der Waals surface area contributed by atoms with E-state index in [1.807, 2.05) is 40.2 Å². The Bertz CT molecular complexity index is 275. The average Bonchev–Trinajstić information content (AvgIpc) is 2.14. The number of hydrogen-bond donors (Lipinski definition) is 1. The summed E-state index contributed by atoms with van der Waals surface area (Å²) in [5, 5.41) is 9.18. The van der Waals surface area contributed by atoms with Crippen molar-refractivity contribution >= 4 is 18.0 Å². The van der Waals surface area contributed by atoms with E-state index in [4.69, 9.17) is 4.52 Å². The molecule has 2 nitrogen and oxygen atoms in total. The Balaban J connectivity index is 0. The van der Waals surface area contributed by atoms with E-state index in [-0.39, 0.29) is 15.6 Å². The number of phenolic OH excluding ortho intramolecular Hbond substituents is 1. The van der Waals surface area contributed by atoms with Gasteiger partial charge in [0.1, 0.15) is 11.5 Å². The van der Waals surface area contributed by atoms with Gasteiger partial charge in [-0.2, -0.15) is 9.90 Å². The molecule has 0 aromatic heterocycles. The number of benzene rings is 1. The zero-order chi connectivity index (χ0) is 11.1. The summed E-state index contributed by atoms with van der Waals surface area (Å²) >= 11 is 0. The molecule has 1 N–H and O–H groups in total. The summed E-state index contributed by atoms with van der Waals surface area (Å²) in [6.45, 7) is 10.0. The maximum absolute atomic E-state index is 9.18. The maximum Gasteiger partial charge on any atom is 0.129 e. The molecule has 4 heteroatoms. The first-order valence-corrected chi connectivity index (χ1v) is 6.90. The van der Waals surface area contributed by atoms with E-state index in [1.165, 1.54) is 0 Å². The van der Waals surface area contributed by atoms with Crippen molar-refractivity contribution in [3.8, 4) is 11.5 Å². The van der Waals surface area contributed by atoms with E-state index in [1.54, 1.807) is 12.1 Å². The predicted octanol–water partition coefficient (Wildman–Crippen LogP) is 3.82. The average molecular weight is 248 g/mol. The van der Waals surface area contributed by atoms with Crippen LogP contribution in [0.15, 0.2) is 18.2 Å². The molecule has 1 aromatic carbocycles. The van der Waals surface area contributed by atoms with Gasteiger partial charge in [0.15, 0.2) is 0 Å². The van der Waals surface area contributed by atoms with Crippen LogP contribution in [-0.4, -0.2) is 18.4 Å². The molecule has 15 heavy (non-hydrogen) atoms. The van der Waals surface area contributed by atoms with E-state index in [0.717, 1.165) is 11.3 Å². The third-order valence-corrected chi connectivity index (χ3v) is 2.01. The van der Waals surface area contributed by atoms with Crippen LogP contribution in [0.5, 0.6) is 11.5 Å². The topological polar surface area (TPSA) is 29.5 Å². The fraction of sp³-hybridized carbons (Fsp3) is 0.455. The van der Waals surface area contributed by atoms with E-state index in [9.17, 15) is 5.11 Å². The summed E-state index contributed by atoms with van der Waals surface area (Å²) in [5.41, 5.74) is 1.06. The van der Waals surface area contributed by atoms with Crippen LogP contribution in [0, 0.1) is 6.92 Å². The van der Waals surface area contributed by atoms with Gasteiger partial charge in [0.05, 0.1) is 8.15 Å². The number of phenols is 1. The predicted molar refractivity (Wildman–Crippen MR) is 74.7 cm³/mol. The van der Waals surface area contributed by atoms with Crippen LogP contribution in [-0.2, 0) is 0 Å². The Morgan fingerprint density at radius 1 is 1.20 bits per heavy atom. The first-order valence-electron chi connectivity index (χ1n) is 4.74. The molecule has 0 saturated heterocycles. The van der Waals surface area contributed by atoms with Crippen molar-refractivity contribution in [2.75, 3.05) is 13.3 Å². The minimum absolute atomic E-state index is 0. The van der Waals surface area contributed by atoms with Crippen molar-refractivity contribution < 1.29 is 9.63 Å². The smallest absolute Gasteiger partial charge is 0.129 e. The first kappa shape index (κ1) is 17.1. The number of rotatable bonds is 2. The normalized spacial score (nSPS) is 8.67. The lowest BCUT2D eigenvalue weighted by Gasteiger charge is -2.11. The zero-order valence-corrected chi connectivity index (χ0v) is 12.6. The Morgan fingerprint density at radius 2 is 1.73 bits per heavy atom. The van der Waals surface area contributed by atoms with E-state index in [2.05, 4.69) is 0 Å². The molecule has 1 rings (SSSR count). The standard InChI is InChI=1S/C9H13O2P.C2H6.H3P/c1-7-4-5-8(10)6-9(7)11-12(2)3;1-2;/h4-6,10H,1-3H3;1-2H3;1H3. The number of aromatic hydroxyl groups is 1. The van der Waals surface area contributed by atoms with Crippen molar-refractivity contribution in [2.24, 2.45) is 0 Å². The molecule has 1 unspecified atom stereocenters. The highest BCUT2D eigenvalue weighted by molar-refractivity contribution is 7.51. The van der Waals surface area contributed by atoms with Crippen molar-refractivity contribution in [3.05, 3.63) is 23.8 Å². The molecule has 1 atom stereocenters. The highest BCUT2D eigenvalue weighted by Gasteiger charge is 2.02. The van der Waals surface area contributed by atoms with Crippen LogP contribution in [0.2, 0.25) is 0 Å². The molecule has 0 radical (unpaired) electrons. The highest BCUT2D eigenvalue weighted by atomic mass is 31.1. The summed E-state index contributed by atoms with van der Waals surface area (Å²) in [6.07, 6.45) is 0. The largest absolute Gasteiger partial charge is 0.508 e. The molecule has 0 bridgehead atoms. The molecule has 1 aromatic rings. The third kappa shape index (κ3) is 6.71. The van der Waals surface area contributed by atoms with Gasteiger partial charge in [-0.3, -0.25) is 0 Å². The molecule has 88 valence electrons. The summed E-state index contributed by atoms with van der Waals surface area (Å²) in [4.78, 5) is 0. The molecule has 0 fully saturated rings. The SMILES string of the molecule is CC.Cc1ccc(O)cc1OP(C)C.P. The second-order valence-corrected chi connectivity index (χ2v) is 4.66. The third-order valence-electron chi connectivity index (χ3n) is 1.45. The lowest BCUT2D eigenvalue weighted by atomic mass is 10.2.